The summed E-state index contributed by atoms with van der Waals surface area (Å²) >= 11 is 0. The van der Waals surface area contributed by atoms with Gasteiger partial charge in [-0.25, -0.2) is 4.79 Å². The van der Waals surface area contributed by atoms with E-state index in [1.807, 2.05) is 6.92 Å². The van der Waals surface area contributed by atoms with Crippen molar-refractivity contribution in [3.8, 4) is 5.75 Å². The third-order valence-corrected chi connectivity index (χ3v) is 5.58. The van der Waals surface area contributed by atoms with Gasteiger partial charge >= 0.3 is 6.09 Å². The number of para-hydroxylation sites is 1. The van der Waals surface area contributed by atoms with Crippen molar-refractivity contribution in [2.45, 2.75) is 105 Å². The molecule has 204 valence electrons. The number of alkyl carbamates (subject to hydrolysis) is 1. The summed E-state index contributed by atoms with van der Waals surface area (Å²) in [5.74, 6) is -0.849. The molecular weight excluding hydrogens is 462 g/mol. The van der Waals surface area contributed by atoms with E-state index in [1.165, 1.54) is 4.90 Å². The molecule has 4 N–H and O–H groups in total. The van der Waals surface area contributed by atoms with Crippen LogP contribution in [0.2, 0.25) is 0 Å². The van der Waals surface area contributed by atoms with Crippen molar-refractivity contribution in [2.75, 3.05) is 6.61 Å². The summed E-state index contributed by atoms with van der Waals surface area (Å²) in [5.41, 5.74) is 0.0271. The molecule has 0 radical (unpaired) electrons. The Morgan fingerprint density at radius 3 is 2.14 bits per heavy atom. The van der Waals surface area contributed by atoms with E-state index in [0.29, 0.717) is 17.9 Å². The summed E-state index contributed by atoms with van der Waals surface area (Å²) in [6.45, 7) is 15.7. The number of phenolic OH excluding ortho intramolecular Hbond substituents is 1. The van der Waals surface area contributed by atoms with Gasteiger partial charge in [-0.15, -0.1) is 0 Å². The lowest BCUT2D eigenvalue weighted by atomic mass is 9.95. The van der Waals surface area contributed by atoms with Crippen LogP contribution in [0.3, 0.4) is 0 Å². The van der Waals surface area contributed by atoms with Crippen LogP contribution in [0, 0.1) is 12.8 Å². The van der Waals surface area contributed by atoms with E-state index in [4.69, 9.17) is 4.74 Å². The Kier molecular flexibility index (Phi) is 11.7. The fourth-order valence-electron chi connectivity index (χ4n) is 3.81. The number of amides is 3. The number of aliphatic hydroxyl groups is 1. The van der Waals surface area contributed by atoms with Gasteiger partial charge in [-0.3, -0.25) is 9.59 Å². The molecule has 1 rings (SSSR count). The molecule has 0 aliphatic carbocycles. The molecule has 0 saturated carbocycles. The third kappa shape index (κ3) is 9.33. The molecule has 0 aliphatic heterocycles. The zero-order valence-electron chi connectivity index (χ0n) is 23.2. The Labute approximate surface area is 215 Å². The van der Waals surface area contributed by atoms with Crippen LogP contribution in [-0.4, -0.2) is 63.4 Å². The lowest BCUT2D eigenvalue weighted by molar-refractivity contribution is -0.146. The van der Waals surface area contributed by atoms with Crippen molar-refractivity contribution in [2.24, 2.45) is 5.92 Å². The minimum atomic E-state index is -1.34. The van der Waals surface area contributed by atoms with E-state index in [1.54, 1.807) is 59.7 Å². The Morgan fingerprint density at radius 1 is 1.03 bits per heavy atom. The molecule has 3 amide bonds. The maximum Gasteiger partial charge on any atom is 0.408 e. The lowest BCUT2D eigenvalue weighted by Crippen LogP contribution is -2.57. The number of hydrogen-bond acceptors (Lipinski definition) is 6. The van der Waals surface area contributed by atoms with E-state index in [2.05, 4.69) is 24.5 Å². The number of nitrogens with zero attached hydrogens (tertiary/aromatic N) is 1. The molecule has 0 aromatic heterocycles. The van der Waals surface area contributed by atoms with Gasteiger partial charge in [-0.2, -0.15) is 0 Å². The third-order valence-electron chi connectivity index (χ3n) is 5.58. The summed E-state index contributed by atoms with van der Waals surface area (Å²) in [6, 6.07) is 1.84. The highest BCUT2D eigenvalue weighted by Crippen LogP contribution is 2.34. The molecule has 1 aromatic carbocycles. The van der Waals surface area contributed by atoms with Crippen LogP contribution >= 0.6 is 0 Å². The van der Waals surface area contributed by atoms with E-state index >= 15 is 0 Å². The topological polar surface area (TPSA) is 128 Å². The summed E-state index contributed by atoms with van der Waals surface area (Å²) in [4.78, 5) is 41.2. The summed E-state index contributed by atoms with van der Waals surface area (Å²) in [6.07, 6.45) is 0.504. The number of benzene rings is 1. The maximum atomic E-state index is 13.9. The largest absolute Gasteiger partial charge is 0.507 e. The number of aliphatic hydroxyl groups excluding tert-OH is 1. The number of carbonyl (C=O) groups is 3. The Hall–Kier alpha value is -2.81. The minimum absolute atomic E-state index is 0.0871. The molecule has 1 aromatic rings. The second kappa shape index (κ2) is 13.5. The van der Waals surface area contributed by atoms with Crippen molar-refractivity contribution >= 4 is 17.9 Å². The molecule has 0 fully saturated rings. The molecular formula is C27H45N3O6. The highest BCUT2D eigenvalue weighted by atomic mass is 16.6. The SMILES string of the molecule is Cc1cccc(C(C(=O)NC(C)C)N(C(=O)C(CO)NC(=O)OC(C)(C)C)C(C)CCC(C)C)c1O. The summed E-state index contributed by atoms with van der Waals surface area (Å²) in [5, 5.41) is 26.2. The van der Waals surface area contributed by atoms with E-state index in [-0.39, 0.29) is 17.4 Å². The van der Waals surface area contributed by atoms with Gasteiger partial charge in [0.2, 0.25) is 11.8 Å². The van der Waals surface area contributed by atoms with Crippen LogP contribution in [0.4, 0.5) is 4.79 Å². The maximum absolute atomic E-state index is 13.9. The average Bonchev–Trinajstić information content (AvgIpc) is 2.74. The molecule has 36 heavy (non-hydrogen) atoms. The second-order valence-corrected chi connectivity index (χ2v) is 11.0. The van der Waals surface area contributed by atoms with Crippen LogP contribution in [0.5, 0.6) is 5.75 Å². The number of aryl methyl sites for hydroxylation is 1. The number of nitrogens with one attached hydrogen (secondary N) is 2. The number of rotatable bonds is 11. The highest BCUT2D eigenvalue weighted by Gasteiger charge is 2.40. The predicted molar refractivity (Wildman–Crippen MR) is 139 cm³/mol. The molecule has 3 atom stereocenters. The number of phenols is 1. The van der Waals surface area contributed by atoms with Crippen molar-refractivity contribution in [3.05, 3.63) is 29.3 Å². The van der Waals surface area contributed by atoms with E-state index in [9.17, 15) is 24.6 Å². The van der Waals surface area contributed by atoms with Gasteiger partial charge in [-0.05, 0) is 72.8 Å². The van der Waals surface area contributed by atoms with Crippen LogP contribution in [0.1, 0.15) is 85.4 Å². The van der Waals surface area contributed by atoms with E-state index in [0.717, 1.165) is 6.42 Å². The number of ether oxygens (including phenoxy) is 1. The van der Waals surface area contributed by atoms with Crippen molar-refractivity contribution in [3.63, 3.8) is 0 Å². The van der Waals surface area contributed by atoms with Gasteiger partial charge in [0.1, 0.15) is 23.4 Å². The second-order valence-electron chi connectivity index (χ2n) is 11.0. The van der Waals surface area contributed by atoms with Gasteiger partial charge in [-0.1, -0.05) is 32.0 Å². The van der Waals surface area contributed by atoms with Crippen LogP contribution in [0.15, 0.2) is 18.2 Å². The fourth-order valence-corrected chi connectivity index (χ4v) is 3.81. The average molecular weight is 508 g/mol. The quantitative estimate of drug-likeness (QED) is 0.361. The molecule has 0 aliphatic rings. The summed E-state index contributed by atoms with van der Waals surface area (Å²) in [7, 11) is 0. The molecule has 0 bridgehead atoms. The molecule has 9 heteroatoms. The molecule has 0 saturated heterocycles. The number of hydrogen-bond donors (Lipinski definition) is 4. The van der Waals surface area contributed by atoms with Gasteiger partial charge in [0.15, 0.2) is 0 Å². The van der Waals surface area contributed by atoms with Gasteiger partial charge in [0.05, 0.1) is 6.61 Å². The minimum Gasteiger partial charge on any atom is -0.507 e. The van der Waals surface area contributed by atoms with Crippen molar-refractivity contribution < 1.29 is 29.3 Å². The standard InChI is InChI=1S/C27H45N3O6/c1-16(2)13-14-19(6)30(25(34)21(15-31)29-26(35)36-27(7,8)9)22(24(33)28-17(3)4)20-12-10-11-18(5)23(20)32/h10-12,16-17,19,21-22,31-32H,13-15H2,1-9H3,(H,28,33)(H,29,35). The van der Waals surface area contributed by atoms with Crippen molar-refractivity contribution in [1.82, 2.24) is 15.5 Å². The monoisotopic (exact) mass is 507 g/mol. The molecule has 0 spiro atoms. The first-order valence-electron chi connectivity index (χ1n) is 12.6. The van der Waals surface area contributed by atoms with Crippen LogP contribution in [0.25, 0.3) is 0 Å². The highest BCUT2D eigenvalue weighted by molar-refractivity contribution is 5.93. The first-order chi connectivity index (χ1) is 16.6. The van der Waals surface area contributed by atoms with Gasteiger partial charge < -0.3 is 30.5 Å². The number of carbonyl (C=O) groups excluding carboxylic acids is 3. The lowest BCUT2D eigenvalue weighted by Gasteiger charge is -2.39. The fraction of sp³-hybridized carbons (Fsp3) is 0.667. The Balaban J connectivity index is 3.60. The number of aromatic hydroxyl groups is 1. The normalized spacial score (nSPS) is 14.2. The van der Waals surface area contributed by atoms with Gasteiger partial charge in [0, 0.05) is 17.6 Å². The predicted octanol–water partition coefficient (Wildman–Crippen LogP) is 3.81. The summed E-state index contributed by atoms with van der Waals surface area (Å²) < 4.78 is 5.27. The first-order valence-corrected chi connectivity index (χ1v) is 12.6. The Bertz CT molecular complexity index is 894. The zero-order valence-corrected chi connectivity index (χ0v) is 23.2. The smallest absolute Gasteiger partial charge is 0.408 e. The van der Waals surface area contributed by atoms with E-state index < -0.39 is 48.2 Å². The van der Waals surface area contributed by atoms with Gasteiger partial charge in [0.25, 0.3) is 0 Å². The Morgan fingerprint density at radius 2 is 1.64 bits per heavy atom. The molecule has 0 heterocycles. The van der Waals surface area contributed by atoms with Crippen LogP contribution < -0.4 is 10.6 Å². The zero-order chi connectivity index (χ0) is 27.8. The molecule has 9 nitrogen and oxygen atoms in total. The van der Waals surface area contributed by atoms with Crippen LogP contribution in [-0.2, 0) is 14.3 Å². The first kappa shape index (κ1) is 31.2. The molecule has 3 unspecified atom stereocenters. The van der Waals surface area contributed by atoms with Crippen molar-refractivity contribution in [1.29, 1.82) is 0 Å².